The molecular weight excluding hydrogens is 403 g/mol. The second-order valence-corrected chi connectivity index (χ2v) is 7.74. The number of amides is 1. The lowest BCUT2D eigenvalue weighted by Gasteiger charge is -2.43. The highest BCUT2D eigenvalue weighted by Crippen LogP contribution is 2.48. The van der Waals surface area contributed by atoms with E-state index in [2.05, 4.69) is 0 Å². The molecule has 0 aromatic heterocycles. The average molecular weight is 430 g/mol. The maximum Gasteiger partial charge on any atom is 0.471 e. The molecule has 0 aromatic carbocycles. The number of methoxy groups -OCH3 is 1. The van der Waals surface area contributed by atoms with Gasteiger partial charge in [0.05, 0.1) is 12.6 Å². The first-order valence-electron chi connectivity index (χ1n) is 9.03. The number of ether oxygens (including phenoxy) is 2. The molecule has 1 saturated heterocycles. The Labute approximate surface area is 167 Å². The van der Waals surface area contributed by atoms with Crippen molar-refractivity contribution in [2.75, 3.05) is 20.3 Å². The third kappa shape index (κ3) is 5.04. The van der Waals surface area contributed by atoms with Crippen LogP contribution in [0.25, 0.3) is 0 Å². The normalized spacial score (nSPS) is 30.5. The number of nitrogens with zero attached hydrogens (tertiary/aromatic N) is 1. The van der Waals surface area contributed by atoms with Crippen LogP contribution < -0.4 is 0 Å². The van der Waals surface area contributed by atoms with Crippen LogP contribution in [-0.4, -0.2) is 67.5 Å². The van der Waals surface area contributed by atoms with Crippen molar-refractivity contribution in [3.05, 3.63) is 0 Å². The molecule has 162 valence electrons. The van der Waals surface area contributed by atoms with Gasteiger partial charge in [-0.05, 0) is 43.2 Å². The van der Waals surface area contributed by atoms with Gasteiger partial charge >= 0.3 is 12.1 Å². The van der Waals surface area contributed by atoms with Gasteiger partial charge in [-0.3, -0.25) is 9.59 Å². The van der Waals surface area contributed by atoms with Crippen molar-refractivity contribution < 1.29 is 37.0 Å². The standard InChI is InChI=1S/C17H25ClF3NO4.CH2O/c1-10(2)16(14(18)23)6-4-11(8-16)22(15(24)17(19,20)21)12-5-7-26-9-13(12)25-3;1-2/h10-13H,4-9H2,1-3H3;1H2/t11-,12+,13-,16+;/m1./s1. The molecule has 6 nitrogen and oxygen atoms in total. The third-order valence-corrected chi connectivity index (χ3v) is 6.20. The van der Waals surface area contributed by atoms with Gasteiger partial charge in [0.1, 0.15) is 12.9 Å². The predicted octanol–water partition coefficient (Wildman–Crippen LogP) is 2.96. The zero-order valence-electron chi connectivity index (χ0n) is 16.3. The molecule has 2 aliphatic rings. The molecule has 0 unspecified atom stereocenters. The molecule has 4 atom stereocenters. The Morgan fingerprint density at radius 1 is 1.29 bits per heavy atom. The summed E-state index contributed by atoms with van der Waals surface area (Å²) in [5.41, 5.74) is -0.913. The molecule has 0 radical (unpaired) electrons. The Bertz CT molecular complexity index is 560. The van der Waals surface area contributed by atoms with Crippen molar-refractivity contribution in [3.63, 3.8) is 0 Å². The minimum atomic E-state index is -5.00. The molecule has 0 spiro atoms. The van der Waals surface area contributed by atoms with Crippen molar-refractivity contribution in [2.45, 2.75) is 63.9 Å². The van der Waals surface area contributed by atoms with Crippen molar-refractivity contribution in [2.24, 2.45) is 11.3 Å². The van der Waals surface area contributed by atoms with Gasteiger partial charge in [-0.1, -0.05) is 13.8 Å². The van der Waals surface area contributed by atoms with Crippen molar-refractivity contribution in [3.8, 4) is 0 Å². The van der Waals surface area contributed by atoms with Crippen LogP contribution in [-0.2, 0) is 23.9 Å². The summed E-state index contributed by atoms with van der Waals surface area (Å²) in [5.74, 6) is -2.02. The number of rotatable bonds is 5. The maximum atomic E-state index is 13.3. The first kappa shape index (κ1) is 24.8. The third-order valence-electron chi connectivity index (χ3n) is 5.82. The Morgan fingerprint density at radius 2 is 1.89 bits per heavy atom. The highest BCUT2D eigenvalue weighted by atomic mass is 35.5. The highest BCUT2D eigenvalue weighted by Gasteiger charge is 2.54. The molecule has 0 bridgehead atoms. The summed E-state index contributed by atoms with van der Waals surface area (Å²) in [4.78, 5) is 33.2. The first-order valence-corrected chi connectivity index (χ1v) is 9.41. The van der Waals surface area contributed by atoms with Crippen LogP contribution >= 0.6 is 11.6 Å². The summed E-state index contributed by atoms with van der Waals surface area (Å²) in [6.07, 6.45) is -4.60. The average Bonchev–Trinajstić information content (AvgIpc) is 3.10. The molecule has 2 rings (SSSR count). The van der Waals surface area contributed by atoms with Crippen molar-refractivity contribution in [1.82, 2.24) is 4.90 Å². The maximum absolute atomic E-state index is 13.3. The van der Waals surface area contributed by atoms with Crippen molar-refractivity contribution >= 4 is 29.5 Å². The van der Waals surface area contributed by atoms with Gasteiger partial charge in [0.15, 0.2) is 0 Å². The Kier molecular flexibility index (Phi) is 8.90. The monoisotopic (exact) mass is 429 g/mol. The van der Waals surface area contributed by atoms with E-state index < -0.39 is 40.9 Å². The quantitative estimate of drug-likeness (QED) is 0.628. The number of hydrogen-bond acceptors (Lipinski definition) is 5. The van der Waals surface area contributed by atoms with Gasteiger partial charge < -0.3 is 19.2 Å². The van der Waals surface area contributed by atoms with E-state index in [1.54, 1.807) is 0 Å². The number of hydrogen-bond donors (Lipinski definition) is 0. The summed E-state index contributed by atoms with van der Waals surface area (Å²) in [6, 6.07) is -1.46. The van der Waals surface area contributed by atoms with Crippen molar-refractivity contribution in [1.29, 1.82) is 0 Å². The summed E-state index contributed by atoms with van der Waals surface area (Å²) >= 11 is 5.81. The van der Waals surface area contributed by atoms with Gasteiger partial charge in [0.2, 0.25) is 5.24 Å². The lowest BCUT2D eigenvalue weighted by atomic mass is 9.76. The Morgan fingerprint density at radius 3 is 2.32 bits per heavy atom. The molecule has 10 heteroatoms. The van der Waals surface area contributed by atoms with Crippen LogP contribution in [0, 0.1) is 11.3 Å². The Balaban J connectivity index is 0.00000190. The van der Waals surface area contributed by atoms with E-state index in [0.717, 1.165) is 4.90 Å². The van der Waals surface area contributed by atoms with E-state index in [9.17, 15) is 22.8 Å². The van der Waals surface area contributed by atoms with Gasteiger partial charge in [0.25, 0.3) is 0 Å². The molecule has 1 aliphatic heterocycles. The van der Waals surface area contributed by atoms with Crippen LogP contribution in [0.2, 0.25) is 0 Å². The van der Waals surface area contributed by atoms with E-state index in [-0.39, 0.29) is 32.0 Å². The lowest BCUT2D eigenvalue weighted by Crippen LogP contribution is -2.58. The van der Waals surface area contributed by atoms with Gasteiger partial charge in [-0.25, -0.2) is 0 Å². The second-order valence-electron chi connectivity index (χ2n) is 7.40. The predicted molar refractivity (Wildman–Crippen MR) is 95.8 cm³/mol. The number of alkyl halides is 3. The van der Waals surface area contributed by atoms with E-state index in [4.69, 9.17) is 25.9 Å². The minimum Gasteiger partial charge on any atom is -0.379 e. The zero-order chi connectivity index (χ0) is 21.7. The second kappa shape index (κ2) is 10.0. The van der Waals surface area contributed by atoms with Crippen LogP contribution in [0.5, 0.6) is 0 Å². The fraction of sp³-hybridized carbons (Fsp3) is 0.833. The van der Waals surface area contributed by atoms with Crippen LogP contribution in [0.3, 0.4) is 0 Å². The van der Waals surface area contributed by atoms with E-state index in [1.165, 1.54) is 7.11 Å². The molecular formula is C18H27ClF3NO5. The van der Waals surface area contributed by atoms with Gasteiger partial charge in [0, 0.05) is 25.2 Å². The minimum absolute atomic E-state index is 0.124. The van der Waals surface area contributed by atoms with Crippen LogP contribution in [0.4, 0.5) is 13.2 Å². The highest BCUT2D eigenvalue weighted by molar-refractivity contribution is 6.64. The molecule has 1 saturated carbocycles. The van der Waals surface area contributed by atoms with E-state index in [1.807, 2.05) is 20.6 Å². The van der Waals surface area contributed by atoms with Gasteiger partial charge in [-0.2, -0.15) is 13.2 Å². The van der Waals surface area contributed by atoms with Crippen LogP contribution in [0.1, 0.15) is 39.5 Å². The fourth-order valence-electron chi connectivity index (χ4n) is 4.19. The molecule has 1 aliphatic carbocycles. The lowest BCUT2D eigenvalue weighted by molar-refractivity contribution is -0.197. The zero-order valence-corrected chi connectivity index (χ0v) is 17.0. The molecule has 2 fully saturated rings. The molecule has 28 heavy (non-hydrogen) atoms. The number of carbonyl (C=O) groups excluding carboxylic acids is 3. The summed E-state index contributed by atoms with van der Waals surface area (Å²) in [5, 5.41) is -0.551. The van der Waals surface area contributed by atoms with E-state index in [0.29, 0.717) is 12.8 Å². The summed E-state index contributed by atoms with van der Waals surface area (Å²) in [7, 11) is 1.39. The fourth-order valence-corrected chi connectivity index (χ4v) is 4.58. The molecule has 0 aromatic rings. The van der Waals surface area contributed by atoms with E-state index >= 15 is 0 Å². The number of carbonyl (C=O) groups is 3. The largest absolute Gasteiger partial charge is 0.471 e. The topological polar surface area (TPSA) is 72.9 Å². The molecule has 1 heterocycles. The summed E-state index contributed by atoms with van der Waals surface area (Å²) < 4.78 is 50.4. The van der Waals surface area contributed by atoms with Crippen LogP contribution in [0.15, 0.2) is 0 Å². The SMILES string of the molecule is C=O.CO[C@@H]1COCC[C@@H]1N(C(=O)C(F)(F)F)[C@@H]1CC[C@@](C(=O)Cl)(C(C)C)C1. The number of halogens is 4. The molecule has 0 N–H and O–H groups in total. The summed E-state index contributed by atoms with van der Waals surface area (Å²) in [6.45, 7) is 6.03. The Hall–Kier alpha value is -1.19. The first-order chi connectivity index (χ1) is 13.0. The van der Waals surface area contributed by atoms with Gasteiger partial charge in [-0.15, -0.1) is 0 Å². The molecule has 1 amide bonds. The smallest absolute Gasteiger partial charge is 0.379 e.